The van der Waals surface area contributed by atoms with Gasteiger partial charge in [0.25, 0.3) is 0 Å². The minimum absolute atomic E-state index is 0.255. The molecule has 0 bridgehead atoms. The van der Waals surface area contributed by atoms with Crippen molar-refractivity contribution in [3.05, 3.63) is 90.5 Å². The van der Waals surface area contributed by atoms with Gasteiger partial charge in [0, 0.05) is 37.4 Å². The van der Waals surface area contributed by atoms with Gasteiger partial charge in [0.1, 0.15) is 0 Å². The molecule has 0 saturated heterocycles. The zero-order valence-corrected chi connectivity index (χ0v) is 33.9. The summed E-state index contributed by atoms with van der Waals surface area (Å²) in [5.74, 6) is 2.17. The van der Waals surface area contributed by atoms with Crippen LogP contribution >= 0.6 is 42.9 Å². The van der Waals surface area contributed by atoms with E-state index in [2.05, 4.69) is 90.2 Å². The molecule has 1 N–H and O–H groups in total. The van der Waals surface area contributed by atoms with Gasteiger partial charge in [-0.1, -0.05) is 74.4 Å². The van der Waals surface area contributed by atoms with E-state index >= 15 is 0 Å². The lowest BCUT2D eigenvalue weighted by molar-refractivity contribution is 0.235. The maximum Gasteiger partial charge on any atom is 0.327 e. The van der Waals surface area contributed by atoms with E-state index in [-0.39, 0.29) is 5.90 Å². The van der Waals surface area contributed by atoms with Crippen LogP contribution in [0.1, 0.15) is 46.1 Å². The maximum atomic E-state index is 11.0. The number of hydrogen-bond acceptors (Lipinski definition) is 10. The molecule has 0 aliphatic heterocycles. The molecule has 3 aromatic carbocycles. The molecule has 0 aliphatic carbocycles. The number of nitrogens with one attached hydrogen (secondary N) is 1. The van der Waals surface area contributed by atoms with Gasteiger partial charge in [-0.05, 0) is 74.3 Å². The van der Waals surface area contributed by atoms with Gasteiger partial charge in [0.05, 0.1) is 26.5 Å². The standard InChI is InChI=1S/C9H11NO.C8H10S.C7H8S.C6H15O3P.C3H7NO.C3H8S/c1-8(11-2)10-9-6-4-3-5-7-9;1-7-3-5-8(9-2)6-4-7;1-8-7-5-3-2-4-6-7;1-4-5-6-9-10(3,7)8-2;1-3(4)5-2;1-3-4-2/h3-7H,1-2H3;3-6H,1-2H3;2-6H,1H3;4-6H2,1-3H3;4H,1-2H3;3H2,1-2H3. The van der Waals surface area contributed by atoms with Crippen molar-refractivity contribution in [1.29, 1.82) is 5.41 Å². The second-order valence-corrected chi connectivity index (χ2v) is 14.3. The molecule has 3 aromatic rings. The normalized spacial score (nSPS) is 10.9. The predicted molar refractivity (Wildman–Crippen MR) is 213 cm³/mol. The van der Waals surface area contributed by atoms with Crippen LogP contribution in [0.3, 0.4) is 0 Å². The van der Waals surface area contributed by atoms with Crippen LogP contribution in [0.25, 0.3) is 0 Å². The van der Waals surface area contributed by atoms with Crippen molar-refractivity contribution in [2.75, 3.05) is 59.1 Å². The summed E-state index contributed by atoms with van der Waals surface area (Å²) >= 11 is 5.40. The largest absolute Gasteiger partial charge is 0.485 e. The van der Waals surface area contributed by atoms with E-state index in [0.29, 0.717) is 12.5 Å². The fourth-order valence-electron chi connectivity index (χ4n) is 2.39. The Morgan fingerprint density at radius 1 is 0.787 bits per heavy atom. The van der Waals surface area contributed by atoms with Crippen molar-refractivity contribution < 1.29 is 23.1 Å². The van der Waals surface area contributed by atoms with Crippen molar-refractivity contribution >= 4 is 60.4 Å². The Kier molecular flexibility index (Phi) is 36.8. The van der Waals surface area contributed by atoms with Gasteiger partial charge in [0.2, 0.25) is 0 Å². The SMILES string of the molecule is CCCCOP(C)(=O)OC.CCSC.COC(C)=N.COC(C)=Nc1ccccc1.CSc1ccc(C)cc1.CSc1ccccc1. The number of nitrogens with zero attached hydrogens (tertiary/aromatic N) is 1. The molecule has 0 amide bonds. The highest BCUT2D eigenvalue weighted by Gasteiger charge is 2.12. The molecular formula is C36H59N2O5PS3. The molecule has 0 saturated carbocycles. The van der Waals surface area contributed by atoms with Gasteiger partial charge in [-0.3, -0.25) is 9.97 Å². The van der Waals surface area contributed by atoms with Gasteiger partial charge in [-0.15, -0.1) is 23.5 Å². The van der Waals surface area contributed by atoms with Crippen molar-refractivity contribution in [3.63, 3.8) is 0 Å². The van der Waals surface area contributed by atoms with E-state index in [1.165, 1.54) is 42.0 Å². The molecule has 0 fully saturated rings. The van der Waals surface area contributed by atoms with E-state index in [0.717, 1.165) is 18.5 Å². The molecule has 0 radical (unpaired) electrons. The highest BCUT2D eigenvalue weighted by atomic mass is 32.2. The van der Waals surface area contributed by atoms with Gasteiger partial charge in [0.15, 0.2) is 11.8 Å². The molecule has 0 aromatic heterocycles. The lowest BCUT2D eigenvalue weighted by Crippen LogP contribution is -1.92. The van der Waals surface area contributed by atoms with Gasteiger partial charge >= 0.3 is 7.60 Å². The number of thioether (sulfide) groups is 3. The summed E-state index contributed by atoms with van der Waals surface area (Å²) in [6, 6.07) is 28.6. The van der Waals surface area contributed by atoms with Crippen LogP contribution in [-0.2, 0) is 23.1 Å². The molecule has 0 spiro atoms. The fourth-order valence-corrected chi connectivity index (χ4v) is 3.79. The number of methoxy groups -OCH3 is 2. The first kappa shape index (κ1) is 49.2. The van der Waals surface area contributed by atoms with Gasteiger partial charge in [-0.25, -0.2) is 4.99 Å². The van der Waals surface area contributed by atoms with Crippen LogP contribution in [0.15, 0.2) is 99.7 Å². The lowest BCUT2D eigenvalue weighted by atomic mass is 10.2. The molecule has 0 aliphatic rings. The number of para-hydroxylation sites is 1. The van der Waals surface area contributed by atoms with Crippen LogP contribution in [0, 0.1) is 12.3 Å². The summed E-state index contributed by atoms with van der Waals surface area (Å²) in [6.07, 6.45) is 8.24. The summed E-state index contributed by atoms with van der Waals surface area (Å²) < 4.78 is 29.8. The summed E-state index contributed by atoms with van der Waals surface area (Å²) in [5.41, 5.74) is 2.25. The number of unbranched alkanes of at least 4 members (excludes halogenated alkanes) is 1. The predicted octanol–water partition coefficient (Wildman–Crippen LogP) is 11.8. The molecule has 0 heterocycles. The molecule has 3 rings (SSSR count). The monoisotopic (exact) mass is 726 g/mol. The van der Waals surface area contributed by atoms with E-state index in [1.807, 2.05) is 67.2 Å². The van der Waals surface area contributed by atoms with Crippen LogP contribution in [0.4, 0.5) is 5.69 Å². The topological polar surface area (TPSA) is 90.2 Å². The van der Waals surface area contributed by atoms with Gasteiger partial charge in [-0.2, -0.15) is 11.8 Å². The lowest BCUT2D eigenvalue weighted by Gasteiger charge is -2.09. The molecule has 47 heavy (non-hydrogen) atoms. The Morgan fingerprint density at radius 2 is 1.23 bits per heavy atom. The summed E-state index contributed by atoms with van der Waals surface area (Å²) in [7, 11) is 1.78. The smallest absolute Gasteiger partial charge is 0.327 e. The Bertz CT molecular complexity index is 1180. The zero-order chi connectivity index (χ0) is 36.3. The van der Waals surface area contributed by atoms with Crippen LogP contribution in [0.2, 0.25) is 0 Å². The highest BCUT2D eigenvalue weighted by Crippen LogP contribution is 2.42. The van der Waals surface area contributed by atoms with Crippen molar-refractivity contribution in [1.82, 2.24) is 0 Å². The van der Waals surface area contributed by atoms with Gasteiger partial charge < -0.3 is 18.5 Å². The molecule has 266 valence electrons. The van der Waals surface area contributed by atoms with Crippen LogP contribution < -0.4 is 0 Å². The van der Waals surface area contributed by atoms with Crippen LogP contribution in [0.5, 0.6) is 0 Å². The van der Waals surface area contributed by atoms with E-state index in [4.69, 9.17) is 14.7 Å². The number of benzene rings is 3. The zero-order valence-electron chi connectivity index (χ0n) is 30.6. The van der Waals surface area contributed by atoms with Crippen molar-refractivity contribution in [2.45, 2.75) is 57.3 Å². The quantitative estimate of drug-likeness (QED) is 0.0766. The third-order valence-electron chi connectivity index (χ3n) is 5.32. The minimum Gasteiger partial charge on any atom is -0.485 e. The average molecular weight is 727 g/mol. The first-order chi connectivity index (χ1) is 22.4. The average Bonchev–Trinajstić information content (AvgIpc) is 3.10. The number of aliphatic imine (C=N–C) groups is 1. The van der Waals surface area contributed by atoms with Crippen LogP contribution in [-0.4, -0.2) is 70.9 Å². The molecule has 11 heteroatoms. The number of hydrogen-bond donors (Lipinski definition) is 1. The first-order valence-corrected chi connectivity index (χ1v) is 20.9. The Morgan fingerprint density at radius 3 is 1.57 bits per heavy atom. The molecule has 1 unspecified atom stereocenters. The second-order valence-electron chi connectivity index (χ2n) is 9.18. The summed E-state index contributed by atoms with van der Waals surface area (Å²) in [5, 5.41) is 6.52. The third-order valence-corrected chi connectivity index (χ3v) is 8.70. The fraction of sp³-hybridized carbons (Fsp3) is 0.444. The van der Waals surface area contributed by atoms with E-state index in [9.17, 15) is 4.57 Å². The Labute approximate surface area is 299 Å². The van der Waals surface area contributed by atoms with E-state index in [1.54, 1.807) is 37.6 Å². The molecule has 1 atom stereocenters. The highest BCUT2D eigenvalue weighted by molar-refractivity contribution is 7.99. The molecular weight excluding hydrogens is 668 g/mol. The Balaban J connectivity index is -0.000000509. The minimum atomic E-state index is -2.70. The second kappa shape index (κ2) is 35.1. The summed E-state index contributed by atoms with van der Waals surface area (Å²) in [4.78, 5) is 6.83. The molecule has 7 nitrogen and oxygen atoms in total. The number of rotatable bonds is 9. The van der Waals surface area contributed by atoms with Crippen molar-refractivity contribution in [2.24, 2.45) is 4.99 Å². The van der Waals surface area contributed by atoms with E-state index < -0.39 is 7.60 Å². The third kappa shape index (κ3) is 36.5. The Hall–Kier alpha value is -2.20. The van der Waals surface area contributed by atoms with Crippen molar-refractivity contribution in [3.8, 4) is 0 Å². The summed E-state index contributed by atoms with van der Waals surface area (Å²) in [6.45, 7) is 11.7. The number of aryl methyl sites for hydroxylation is 1. The number of ether oxygens (including phenoxy) is 2. The first-order valence-electron chi connectivity index (χ1n) is 15.1. The maximum absolute atomic E-state index is 11.0.